The average molecular weight is 433 g/mol. The molecule has 0 fully saturated rings. The first-order chi connectivity index (χ1) is 16.2. The van der Waals surface area contributed by atoms with Crippen LogP contribution < -0.4 is 21.7 Å². The van der Waals surface area contributed by atoms with Gasteiger partial charge in [-0.3, -0.25) is 4.79 Å². The minimum absolute atomic E-state index is 0.148. The van der Waals surface area contributed by atoms with Gasteiger partial charge in [-0.25, -0.2) is 0 Å². The number of hydrogen-bond donors (Lipinski definition) is 4. The molecule has 0 unspecified atom stereocenters. The Labute approximate surface area is 193 Å². The van der Waals surface area contributed by atoms with Gasteiger partial charge < -0.3 is 21.7 Å². The third-order valence-corrected chi connectivity index (χ3v) is 5.59. The van der Waals surface area contributed by atoms with Crippen LogP contribution in [0.2, 0.25) is 0 Å². The minimum Gasteiger partial charge on any atom is -0.399 e. The highest BCUT2D eigenvalue weighted by Gasteiger charge is 2.28. The average Bonchev–Trinajstić information content (AvgIpc) is 3.18. The summed E-state index contributed by atoms with van der Waals surface area (Å²) in [4.78, 5) is 13.0. The Bertz CT molecular complexity index is 1310. The van der Waals surface area contributed by atoms with Gasteiger partial charge in [0.25, 0.3) is 5.91 Å². The normalized spacial score (nSPS) is 13.8. The van der Waals surface area contributed by atoms with Crippen molar-refractivity contribution in [2.75, 3.05) is 21.7 Å². The summed E-state index contributed by atoms with van der Waals surface area (Å²) in [5.74, 6) is -0.148. The van der Waals surface area contributed by atoms with Gasteiger partial charge in [0.2, 0.25) is 0 Å². The maximum atomic E-state index is 13.0. The number of nitrogens with one attached hydrogen (secondary N) is 3. The molecule has 5 N–H and O–H groups in total. The minimum atomic E-state index is -0.148. The first-order valence-electron chi connectivity index (χ1n) is 10.8. The Kier molecular flexibility index (Phi) is 5.52. The summed E-state index contributed by atoms with van der Waals surface area (Å²) < 4.78 is 0. The van der Waals surface area contributed by atoms with E-state index in [0.717, 1.165) is 46.0 Å². The van der Waals surface area contributed by atoms with Gasteiger partial charge in [-0.05, 0) is 53.6 Å². The molecule has 0 saturated heterocycles. The van der Waals surface area contributed by atoms with Gasteiger partial charge in [0.05, 0.1) is 11.3 Å². The highest BCUT2D eigenvalue weighted by Crippen LogP contribution is 2.38. The molecule has 33 heavy (non-hydrogen) atoms. The SMILES string of the molecule is Nc1ccc2c(c1)/C(=C(/Nc1ccc(CNc3ccccc3)cc1)c1ccccc1)C(=O)N2. The van der Waals surface area contributed by atoms with Crippen LogP contribution in [0.3, 0.4) is 0 Å². The molecule has 4 aromatic carbocycles. The number of anilines is 4. The summed E-state index contributed by atoms with van der Waals surface area (Å²) in [5.41, 5.74) is 13.6. The van der Waals surface area contributed by atoms with E-state index in [1.807, 2.05) is 84.9 Å². The van der Waals surface area contributed by atoms with Crippen LogP contribution in [0.25, 0.3) is 11.3 Å². The second kappa shape index (κ2) is 8.93. The van der Waals surface area contributed by atoms with E-state index in [1.54, 1.807) is 6.07 Å². The van der Waals surface area contributed by atoms with Crippen molar-refractivity contribution in [1.29, 1.82) is 0 Å². The molecule has 1 amide bonds. The lowest BCUT2D eigenvalue weighted by molar-refractivity contribution is -0.110. The molecule has 0 radical (unpaired) electrons. The molecule has 0 spiro atoms. The molecule has 1 aliphatic heterocycles. The Morgan fingerprint density at radius 2 is 1.48 bits per heavy atom. The lowest BCUT2D eigenvalue weighted by Gasteiger charge is -2.15. The number of nitrogens with two attached hydrogens (primary N) is 1. The van der Waals surface area contributed by atoms with Crippen LogP contribution in [0.4, 0.5) is 22.7 Å². The Morgan fingerprint density at radius 3 is 2.21 bits per heavy atom. The van der Waals surface area contributed by atoms with Gasteiger partial charge >= 0.3 is 0 Å². The summed E-state index contributed by atoms with van der Waals surface area (Å²) in [6, 6.07) is 33.7. The van der Waals surface area contributed by atoms with Gasteiger partial charge in [0.15, 0.2) is 0 Å². The summed E-state index contributed by atoms with van der Waals surface area (Å²) >= 11 is 0. The van der Waals surface area contributed by atoms with Crippen molar-refractivity contribution in [3.8, 4) is 0 Å². The molecular weight excluding hydrogens is 408 g/mol. The number of carbonyl (C=O) groups excluding carboxylic acids is 1. The van der Waals surface area contributed by atoms with Gasteiger partial charge in [-0.2, -0.15) is 0 Å². The van der Waals surface area contributed by atoms with Gasteiger partial charge in [-0.15, -0.1) is 0 Å². The maximum Gasteiger partial charge on any atom is 0.258 e. The fourth-order valence-corrected chi connectivity index (χ4v) is 3.93. The number of carbonyl (C=O) groups is 1. The van der Waals surface area contributed by atoms with Crippen LogP contribution >= 0.6 is 0 Å². The number of benzene rings is 4. The number of amides is 1. The first-order valence-corrected chi connectivity index (χ1v) is 10.8. The second-order valence-electron chi connectivity index (χ2n) is 7.92. The highest BCUT2D eigenvalue weighted by molar-refractivity contribution is 6.37. The largest absolute Gasteiger partial charge is 0.399 e. The molecule has 0 atom stereocenters. The van der Waals surface area contributed by atoms with Crippen molar-refractivity contribution in [2.24, 2.45) is 0 Å². The van der Waals surface area contributed by atoms with E-state index in [2.05, 4.69) is 28.1 Å². The van der Waals surface area contributed by atoms with E-state index in [4.69, 9.17) is 5.73 Å². The van der Waals surface area contributed by atoms with E-state index in [-0.39, 0.29) is 5.91 Å². The third kappa shape index (κ3) is 4.43. The molecule has 1 aliphatic rings. The lowest BCUT2D eigenvalue weighted by atomic mass is 9.99. The zero-order valence-corrected chi connectivity index (χ0v) is 18.0. The van der Waals surface area contributed by atoms with Crippen LogP contribution in [-0.2, 0) is 11.3 Å². The Morgan fingerprint density at radius 1 is 0.788 bits per heavy atom. The molecule has 0 saturated carbocycles. The molecule has 1 heterocycles. The number of para-hydroxylation sites is 1. The van der Waals surface area contributed by atoms with Crippen molar-refractivity contribution in [1.82, 2.24) is 0 Å². The quantitative estimate of drug-likeness (QED) is 0.229. The fourth-order valence-electron chi connectivity index (χ4n) is 3.93. The van der Waals surface area contributed by atoms with E-state index in [0.29, 0.717) is 11.3 Å². The molecule has 4 aromatic rings. The third-order valence-electron chi connectivity index (χ3n) is 5.59. The topological polar surface area (TPSA) is 79.2 Å². The van der Waals surface area contributed by atoms with Gasteiger partial charge in [0.1, 0.15) is 0 Å². The predicted octanol–water partition coefficient (Wildman–Crippen LogP) is 5.81. The molecule has 162 valence electrons. The molecule has 0 aliphatic carbocycles. The van der Waals surface area contributed by atoms with Crippen LogP contribution in [0, 0.1) is 0 Å². The predicted molar refractivity (Wildman–Crippen MR) is 137 cm³/mol. The smallest absolute Gasteiger partial charge is 0.258 e. The number of hydrogen-bond acceptors (Lipinski definition) is 4. The van der Waals surface area contributed by atoms with Crippen LogP contribution in [0.1, 0.15) is 16.7 Å². The molecular formula is C28H24N4O. The highest BCUT2D eigenvalue weighted by atomic mass is 16.2. The second-order valence-corrected chi connectivity index (χ2v) is 7.92. The lowest BCUT2D eigenvalue weighted by Crippen LogP contribution is -2.10. The molecule has 0 aromatic heterocycles. The van der Waals surface area contributed by atoms with Gasteiger partial charge in [-0.1, -0.05) is 60.7 Å². The van der Waals surface area contributed by atoms with Crippen molar-refractivity contribution in [3.63, 3.8) is 0 Å². The van der Waals surface area contributed by atoms with Crippen molar-refractivity contribution in [3.05, 3.63) is 120 Å². The molecule has 5 nitrogen and oxygen atoms in total. The van der Waals surface area contributed by atoms with Crippen LogP contribution in [0.5, 0.6) is 0 Å². The number of rotatable bonds is 6. The Balaban J connectivity index is 1.46. The van der Waals surface area contributed by atoms with E-state index in [1.165, 1.54) is 0 Å². The van der Waals surface area contributed by atoms with Crippen molar-refractivity contribution < 1.29 is 4.79 Å². The van der Waals surface area contributed by atoms with Crippen LogP contribution in [0.15, 0.2) is 103 Å². The first kappa shape index (κ1) is 20.4. The molecule has 0 bridgehead atoms. The zero-order valence-electron chi connectivity index (χ0n) is 18.0. The summed E-state index contributed by atoms with van der Waals surface area (Å²) in [7, 11) is 0. The summed E-state index contributed by atoms with van der Waals surface area (Å²) in [5, 5.41) is 9.86. The van der Waals surface area contributed by atoms with Crippen molar-refractivity contribution in [2.45, 2.75) is 6.54 Å². The zero-order chi connectivity index (χ0) is 22.6. The fraction of sp³-hybridized carbons (Fsp3) is 0.0357. The monoisotopic (exact) mass is 432 g/mol. The van der Waals surface area contributed by atoms with E-state index in [9.17, 15) is 4.79 Å². The number of fused-ring (bicyclic) bond motifs is 1. The molecule has 5 heteroatoms. The molecule has 5 rings (SSSR count). The van der Waals surface area contributed by atoms with Crippen LogP contribution in [-0.4, -0.2) is 5.91 Å². The summed E-state index contributed by atoms with van der Waals surface area (Å²) in [6.07, 6.45) is 0. The van der Waals surface area contributed by atoms with E-state index < -0.39 is 0 Å². The van der Waals surface area contributed by atoms with Crippen molar-refractivity contribution >= 4 is 39.9 Å². The van der Waals surface area contributed by atoms with E-state index >= 15 is 0 Å². The maximum absolute atomic E-state index is 13.0. The Hall–Kier alpha value is -4.51. The standard InChI is InChI=1S/C28H24N4O/c29-21-13-16-25-24(17-21)26(28(33)32-25)27(20-7-3-1-4-8-20)31-23-14-11-19(12-15-23)18-30-22-9-5-2-6-10-22/h1-17,30-31H,18,29H2,(H,32,33)/b27-26-. The van der Waals surface area contributed by atoms with Gasteiger partial charge in [0, 0.05) is 34.9 Å². The number of nitrogen functional groups attached to an aromatic ring is 1. The summed E-state index contributed by atoms with van der Waals surface area (Å²) in [6.45, 7) is 0.728.